The molecular formula is C20H24N6O2. The molecular weight excluding hydrogens is 356 g/mol. The normalized spacial score (nSPS) is 18.7. The number of carbonyl (C=O) groups is 2. The zero-order valence-electron chi connectivity index (χ0n) is 16.2. The largest absolute Gasteiger partial charge is 0.373 e. The molecule has 2 aliphatic rings. The molecule has 1 saturated heterocycles. The van der Waals surface area contributed by atoms with Crippen LogP contribution >= 0.6 is 0 Å². The van der Waals surface area contributed by atoms with Crippen molar-refractivity contribution < 1.29 is 9.59 Å². The molecule has 1 fully saturated rings. The maximum Gasteiger partial charge on any atom is 0.256 e. The van der Waals surface area contributed by atoms with Gasteiger partial charge in [0.2, 0.25) is 5.91 Å². The van der Waals surface area contributed by atoms with Crippen LogP contribution in [0.4, 0.5) is 5.82 Å². The second kappa shape index (κ2) is 7.53. The van der Waals surface area contributed by atoms with E-state index in [1.807, 2.05) is 11.9 Å². The lowest BCUT2D eigenvalue weighted by atomic mass is 10.0. The number of pyridine rings is 1. The fraction of sp³-hybridized carbons (Fsp3) is 0.450. The number of rotatable bonds is 3. The smallest absolute Gasteiger partial charge is 0.256 e. The molecule has 4 rings (SSSR count). The van der Waals surface area contributed by atoms with Crippen LogP contribution in [0.1, 0.15) is 53.2 Å². The van der Waals surface area contributed by atoms with Crippen molar-refractivity contribution in [2.75, 3.05) is 25.5 Å². The predicted molar refractivity (Wildman–Crippen MR) is 104 cm³/mol. The summed E-state index contributed by atoms with van der Waals surface area (Å²) in [6, 6.07) is 3.38. The van der Waals surface area contributed by atoms with E-state index in [2.05, 4.69) is 10.3 Å². The summed E-state index contributed by atoms with van der Waals surface area (Å²) >= 11 is 0. The summed E-state index contributed by atoms with van der Waals surface area (Å²) in [5.41, 5.74) is 2.51. The third-order valence-corrected chi connectivity index (χ3v) is 5.48. The molecule has 0 saturated carbocycles. The van der Waals surface area contributed by atoms with Gasteiger partial charge in [-0.3, -0.25) is 14.6 Å². The van der Waals surface area contributed by atoms with Crippen LogP contribution in [0.2, 0.25) is 0 Å². The number of nitrogens with zero attached hydrogens (tertiary/aromatic N) is 5. The highest BCUT2D eigenvalue weighted by Crippen LogP contribution is 2.34. The van der Waals surface area contributed by atoms with Gasteiger partial charge in [-0.1, -0.05) is 0 Å². The minimum atomic E-state index is -0.169. The van der Waals surface area contributed by atoms with E-state index in [0.717, 1.165) is 36.3 Å². The first-order valence-electron chi connectivity index (χ1n) is 9.62. The maximum atomic E-state index is 13.0. The SMILES string of the molecule is CNc1nc([C@@H]2CCCN2C(=O)c2cccnc2)nc2c1CCN(C(C)=O)C2. The second-order valence-corrected chi connectivity index (χ2v) is 7.19. The van der Waals surface area contributed by atoms with E-state index in [1.54, 1.807) is 36.4 Å². The molecule has 28 heavy (non-hydrogen) atoms. The van der Waals surface area contributed by atoms with Gasteiger partial charge in [-0.15, -0.1) is 0 Å². The summed E-state index contributed by atoms with van der Waals surface area (Å²) in [7, 11) is 1.84. The van der Waals surface area contributed by atoms with E-state index in [-0.39, 0.29) is 17.9 Å². The number of carbonyl (C=O) groups excluding carboxylic acids is 2. The summed E-state index contributed by atoms with van der Waals surface area (Å²) in [4.78, 5) is 42.0. The van der Waals surface area contributed by atoms with E-state index >= 15 is 0 Å². The van der Waals surface area contributed by atoms with Crippen LogP contribution in [-0.2, 0) is 17.8 Å². The number of hydrogen-bond donors (Lipinski definition) is 1. The van der Waals surface area contributed by atoms with Crippen molar-refractivity contribution in [3.05, 3.63) is 47.2 Å². The Hall–Kier alpha value is -3.03. The van der Waals surface area contributed by atoms with Crippen molar-refractivity contribution >= 4 is 17.6 Å². The Labute approximate surface area is 164 Å². The summed E-state index contributed by atoms with van der Waals surface area (Å²) < 4.78 is 0. The summed E-state index contributed by atoms with van der Waals surface area (Å²) in [5, 5.41) is 3.17. The number of aromatic nitrogens is 3. The third kappa shape index (κ3) is 3.30. The highest BCUT2D eigenvalue weighted by atomic mass is 16.2. The van der Waals surface area contributed by atoms with Gasteiger partial charge in [0, 0.05) is 45.0 Å². The molecule has 2 aromatic rings. The average Bonchev–Trinajstić information content (AvgIpc) is 3.22. The summed E-state index contributed by atoms with van der Waals surface area (Å²) in [6.07, 6.45) is 5.71. The molecule has 0 radical (unpaired) electrons. The van der Waals surface area contributed by atoms with E-state index in [4.69, 9.17) is 9.97 Å². The standard InChI is InChI=1S/C20H24N6O2/c1-13(27)25-10-7-15-16(12-25)23-19(24-18(15)21-2)17-6-4-9-26(17)20(28)14-5-3-8-22-11-14/h3,5,8,11,17H,4,6-7,9-10,12H2,1-2H3,(H,21,23,24)/t17-/m0/s1. The number of hydrogen-bond acceptors (Lipinski definition) is 6. The van der Waals surface area contributed by atoms with Crippen LogP contribution in [-0.4, -0.2) is 56.7 Å². The van der Waals surface area contributed by atoms with Gasteiger partial charge in [0.05, 0.1) is 23.8 Å². The molecule has 1 N–H and O–H groups in total. The number of nitrogens with one attached hydrogen (secondary N) is 1. The Balaban J connectivity index is 1.67. The predicted octanol–water partition coefficient (Wildman–Crippen LogP) is 1.80. The van der Waals surface area contributed by atoms with Gasteiger partial charge in [0.1, 0.15) is 5.82 Å². The Bertz CT molecular complexity index is 901. The first kappa shape index (κ1) is 18.3. The molecule has 0 unspecified atom stereocenters. The van der Waals surface area contributed by atoms with Crippen molar-refractivity contribution in [1.29, 1.82) is 0 Å². The molecule has 8 nitrogen and oxygen atoms in total. The first-order valence-corrected chi connectivity index (χ1v) is 9.62. The van der Waals surface area contributed by atoms with Crippen LogP contribution in [0.5, 0.6) is 0 Å². The van der Waals surface area contributed by atoms with Crippen molar-refractivity contribution in [1.82, 2.24) is 24.8 Å². The molecule has 4 heterocycles. The topological polar surface area (TPSA) is 91.3 Å². The molecule has 1 atom stereocenters. The van der Waals surface area contributed by atoms with E-state index in [0.29, 0.717) is 31.0 Å². The molecule has 0 aromatic carbocycles. The monoisotopic (exact) mass is 380 g/mol. The van der Waals surface area contributed by atoms with Gasteiger partial charge in [0.15, 0.2) is 5.82 Å². The van der Waals surface area contributed by atoms with Crippen molar-refractivity contribution in [3.63, 3.8) is 0 Å². The molecule has 2 aliphatic heterocycles. The fourth-order valence-corrected chi connectivity index (χ4v) is 4.01. The first-order chi connectivity index (χ1) is 13.6. The zero-order chi connectivity index (χ0) is 19.7. The molecule has 2 amide bonds. The molecule has 0 bridgehead atoms. The van der Waals surface area contributed by atoms with Crippen molar-refractivity contribution in [3.8, 4) is 0 Å². The highest BCUT2D eigenvalue weighted by molar-refractivity contribution is 5.94. The second-order valence-electron chi connectivity index (χ2n) is 7.19. The Morgan fingerprint density at radius 2 is 2.11 bits per heavy atom. The molecule has 0 aliphatic carbocycles. The minimum absolute atomic E-state index is 0.0473. The van der Waals surface area contributed by atoms with Crippen LogP contribution < -0.4 is 5.32 Å². The third-order valence-electron chi connectivity index (χ3n) is 5.48. The minimum Gasteiger partial charge on any atom is -0.373 e. The van der Waals surface area contributed by atoms with Gasteiger partial charge in [-0.25, -0.2) is 9.97 Å². The number of fused-ring (bicyclic) bond motifs is 1. The summed E-state index contributed by atoms with van der Waals surface area (Å²) in [5.74, 6) is 1.44. The number of amides is 2. The van der Waals surface area contributed by atoms with Gasteiger partial charge < -0.3 is 15.1 Å². The fourth-order valence-electron chi connectivity index (χ4n) is 4.01. The van der Waals surface area contributed by atoms with Crippen molar-refractivity contribution in [2.45, 2.75) is 38.8 Å². The zero-order valence-corrected chi connectivity index (χ0v) is 16.2. The van der Waals surface area contributed by atoms with Crippen molar-refractivity contribution in [2.24, 2.45) is 0 Å². The lowest BCUT2D eigenvalue weighted by Gasteiger charge is -2.30. The molecule has 0 spiro atoms. The summed E-state index contributed by atoms with van der Waals surface area (Å²) in [6.45, 7) is 3.41. The Morgan fingerprint density at radius 1 is 1.25 bits per heavy atom. The van der Waals surface area contributed by atoms with Gasteiger partial charge in [0.25, 0.3) is 5.91 Å². The van der Waals surface area contributed by atoms with Crippen LogP contribution in [0, 0.1) is 0 Å². The Morgan fingerprint density at radius 3 is 2.82 bits per heavy atom. The lowest BCUT2D eigenvalue weighted by Crippen LogP contribution is -2.36. The van der Waals surface area contributed by atoms with E-state index < -0.39 is 0 Å². The quantitative estimate of drug-likeness (QED) is 0.873. The highest BCUT2D eigenvalue weighted by Gasteiger charge is 2.34. The van der Waals surface area contributed by atoms with Crippen LogP contribution in [0.25, 0.3) is 0 Å². The van der Waals surface area contributed by atoms with E-state index in [1.165, 1.54) is 0 Å². The van der Waals surface area contributed by atoms with Crippen LogP contribution in [0.3, 0.4) is 0 Å². The van der Waals surface area contributed by atoms with Gasteiger partial charge in [-0.2, -0.15) is 0 Å². The van der Waals surface area contributed by atoms with Gasteiger partial charge >= 0.3 is 0 Å². The number of anilines is 1. The van der Waals surface area contributed by atoms with E-state index in [9.17, 15) is 9.59 Å². The maximum absolute atomic E-state index is 13.0. The lowest BCUT2D eigenvalue weighted by molar-refractivity contribution is -0.129. The average molecular weight is 380 g/mol. The molecule has 146 valence electrons. The molecule has 2 aromatic heterocycles. The molecule has 8 heteroatoms. The van der Waals surface area contributed by atoms with Crippen LogP contribution in [0.15, 0.2) is 24.5 Å². The Kier molecular flexibility index (Phi) is 4.93. The number of likely N-dealkylation sites (tertiary alicyclic amines) is 1. The van der Waals surface area contributed by atoms with Gasteiger partial charge in [-0.05, 0) is 31.4 Å².